The molecule has 0 saturated carbocycles. The fourth-order valence-corrected chi connectivity index (χ4v) is 2.26. The zero-order chi connectivity index (χ0) is 13.1. The summed E-state index contributed by atoms with van der Waals surface area (Å²) in [6, 6.07) is 10.9. The van der Waals surface area contributed by atoms with Gasteiger partial charge in [0.2, 0.25) is 0 Å². The van der Waals surface area contributed by atoms with Crippen LogP contribution in [-0.4, -0.2) is 4.98 Å². The lowest BCUT2D eigenvalue weighted by atomic mass is 10.00. The maximum absolute atomic E-state index is 4.30. The molecule has 0 aliphatic heterocycles. The number of hydrogen-bond donors (Lipinski definition) is 1. The summed E-state index contributed by atoms with van der Waals surface area (Å²) >= 11 is 0. The number of aryl methyl sites for hydroxylation is 3. The second-order valence-electron chi connectivity index (χ2n) is 4.86. The molecule has 2 heteroatoms. The minimum Gasteiger partial charge on any atom is -0.377 e. The van der Waals surface area contributed by atoms with E-state index in [1.165, 1.54) is 16.7 Å². The third-order valence-corrected chi connectivity index (χ3v) is 3.27. The van der Waals surface area contributed by atoms with Crippen LogP contribution >= 0.6 is 0 Å². The van der Waals surface area contributed by atoms with Crippen molar-refractivity contribution in [1.29, 1.82) is 0 Å². The predicted octanol–water partition coefficient (Wildman–Crippen LogP) is 4.18. The maximum atomic E-state index is 4.30. The van der Waals surface area contributed by atoms with Gasteiger partial charge in [-0.1, -0.05) is 23.8 Å². The molecule has 94 valence electrons. The average molecular weight is 240 g/mol. The van der Waals surface area contributed by atoms with Gasteiger partial charge in [-0.3, -0.25) is 4.98 Å². The van der Waals surface area contributed by atoms with Crippen molar-refractivity contribution in [2.45, 2.75) is 33.7 Å². The van der Waals surface area contributed by atoms with Gasteiger partial charge in [-0.25, -0.2) is 0 Å². The van der Waals surface area contributed by atoms with Gasteiger partial charge in [-0.05, 0) is 51.0 Å². The number of nitrogens with one attached hydrogen (secondary N) is 1. The summed E-state index contributed by atoms with van der Waals surface area (Å²) in [6.45, 7) is 8.50. The lowest BCUT2D eigenvalue weighted by molar-refractivity contribution is 0.868. The highest BCUT2D eigenvalue weighted by Gasteiger charge is 2.09. The van der Waals surface area contributed by atoms with Crippen LogP contribution in [0.25, 0.3) is 0 Å². The molecule has 2 rings (SSSR count). The van der Waals surface area contributed by atoms with Crippen LogP contribution in [0.4, 0.5) is 5.69 Å². The second kappa shape index (κ2) is 5.21. The number of hydrogen-bond acceptors (Lipinski definition) is 2. The summed E-state index contributed by atoms with van der Waals surface area (Å²) in [7, 11) is 0. The predicted molar refractivity (Wildman–Crippen MR) is 76.9 cm³/mol. The molecule has 1 aromatic carbocycles. The van der Waals surface area contributed by atoms with E-state index in [-0.39, 0.29) is 6.04 Å². The minimum absolute atomic E-state index is 0.286. The standard InChI is InChI=1S/C16H20N2/c1-11-7-8-15(12(2)10-11)13(3)18-16-6-5-9-17-14(16)4/h5-10,13,18H,1-4H3. The van der Waals surface area contributed by atoms with Gasteiger partial charge in [0, 0.05) is 12.2 Å². The highest BCUT2D eigenvalue weighted by Crippen LogP contribution is 2.23. The maximum Gasteiger partial charge on any atom is 0.0603 e. The minimum atomic E-state index is 0.286. The first kappa shape index (κ1) is 12.6. The van der Waals surface area contributed by atoms with Gasteiger partial charge in [-0.2, -0.15) is 0 Å². The first-order valence-corrected chi connectivity index (χ1v) is 6.33. The Kier molecular flexibility index (Phi) is 3.66. The quantitative estimate of drug-likeness (QED) is 0.870. The van der Waals surface area contributed by atoms with Crippen molar-refractivity contribution in [3.05, 3.63) is 58.9 Å². The Labute approximate surface area is 109 Å². The smallest absolute Gasteiger partial charge is 0.0603 e. The molecule has 2 aromatic rings. The van der Waals surface area contributed by atoms with Crippen LogP contribution in [-0.2, 0) is 0 Å². The van der Waals surface area contributed by atoms with E-state index in [9.17, 15) is 0 Å². The fraction of sp³-hybridized carbons (Fsp3) is 0.312. The van der Waals surface area contributed by atoms with Crippen molar-refractivity contribution in [2.75, 3.05) is 5.32 Å². The van der Waals surface area contributed by atoms with Gasteiger partial charge in [0.1, 0.15) is 0 Å². The van der Waals surface area contributed by atoms with Gasteiger partial charge in [0.15, 0.2) is 0 Å². The van der Waals surface area contributed by atoms with Crippen molar-refractivity contribution in [3.8, 4) is 0 Å². The van der Waals surface area contributed by atoms with E-state index in [1.54, 1.807) is 0 Å². The van der Waals surface area contributed by atoms with E-state index in [0.29, 0.717) is 0 Å². The normalized spacial score (nSPS) is 12.2. The number of aromatic nitrogens is 1. The highest BCUT2D eigenvalue weighted by molar-refractivity contribution is 5.49. The lowest BCUT2D eigenvalue weighted by Gasteiger charge is -2.19. The Bertz CT molecular complexity index is 547. The molecule has 1 heterocycles. The van der Waals surface area contributed by atoms with Gasteiger partial charge in [0.25, 0.3) is 0 Å². The number of benzene rings is 1. The second-order valence-corrected chi connectivity index (χ2v) is 4.86. The Morgan fingerprint density at radius 1 is 1.11 bits per heavy atom. The molecule has 0 amide bonds. The summed E-state index contributed by atoms with van der Waals surface area (Å²) in [5.74, 6) is 0. The molecule has 0 radical (unpaired) electrons. The first-order valence-electron chi connectivity index (χ1n) is 6.33. The molecule has 0 aliphatic rings. The summed E-state index contributed by atoms with van der Waals surface area (Å²) in [4.78, 5) is 4.30. The largest absolute Gasteiger partial charge is 0.377 e. The highest BCUT2D eigenvalue weighted by atomic mass is 14.9. The van der Waals surface area contributed by atoms with Crippen molar-refractivity contribution in [3.63, 3.8) is 0 Å². The molecule has 1 N–H and O–H groups in total. The third-order valence-electron chi connectivity index (χ3n) is 3.27. The third kappa shape index (κ3) is 2.70. The molecule has 0 fully saturated rings. The number of rotatable bonds is 3. The molecule has 1 unspecified atom stereocenters. The van der Waals surface area contributed by atoms with E-state index < -0.39 is 0 Å². The number of nitrogens with zero attached hydrogens (tertiary/aromatic N) is 1. The summed E-state index contributed by atoms with van der Waals surface area (Å²) in [5.41, 5.74) is 6.11. The van der Waals surface area contributed by atoms with Crippen molar-refractivity contribution >= 4 is 5.69 Å². The van der Waals surface area contributed by atoms with Crippen LogP contribution in [0.2, 0.25) is 0 Å². The van der Waals surface area contributed by atoms with Crippen LogP contribution < -0.4 is 5.32 Å². The summed E-state index contributed by atoms with van der Waals surface area (Å²) in [5, 5.41) is 3.52. The molecule has 1 aromatic heterocycles. The van der Waals surface area contributed by atoms with E-state index in [2.05, 4.69) is 55.3 Å². The van der Waals surface area contributed by atoms with Gasteiger partial charge in [-0.15, -0.1) is 0 Å². The Balaban J connectivity index is 2.22. The average Bonchev–Trinajstić information content (AvgIpc) is 2.32. The zero-order valence-electron chi connectivity index (χ0n) is 11.5. The number of pyridine rings is 1. The molecular formula is C16H20N2. The Morgan fingerprint density at radius 2 is 1.89 bits per heavy atom. The van der Waals surface area contributed by atoms with E-state index >= 15 is 0 Å². The molecule has 0 bridgehead atoms. The van der Waals surface area contributed by atoms with Gasteiger partial charge in [0.05, 0.1) is 11.4 Å². The van der Waals surface area contributed by atoms with Crippen LogP contribution in [0, 0.1) is 20.8 Å². The van der Waals surface area contributed by atoms with Gasteiger partial charge >= 0.3 is 0 Å². The van der Waals surface area contributed by atoms with Crippen LogP contribution in [0.15, 0.2) is 36.5 Å². The van der Waals surface area contributed by atoms with E-state index in [1.807, 2.05) is 19.2 Å². The lowest BCUT2D eigenvalue weighted by Crippen LogP contribution is -2.09. The Morgan fingerprint density at radius 3 is 2.56 bits per heavy atom. The summed E-state index contributed by atoms with van der Waals surface area (Å²) < 4.78 is 0. The van der Waals surface area contributed by atoms with Gasteiger partial charge < -0.3 is 5.32 Å². The van der Waals surface area contributed by atoms with Crippen LogP contribution in [0.1, 0.15) is 35.3 Å². The molecule has 2 nitrogen and oxygen atoms in total. The molecular weight excluding hydrogens is 220 g/mol. The number of anilines is 1. The van der Waals surface area contributed by atoms with Crippen molar-refractivity contribution < 1.29 is 0 Å². The van der Waals surface area contributed by atoms with Crippen LogP contribution in [0.5, 0.6) is 0 Å². The molecule has 0 spiro atoms. The van der Waals surface area contributed by atoms with E-state index in [4.69, 9.17) is 0 Å². The van der Waals surface area contributed by atoms with Crippen molar-refractivity contribution in [2.24, 2.45) is 0 Å². The van der Waals surface area contributed by atoms with Crippen molar-refractivity contribution in [1.82, 2.24) is 4.98 Å². The fourth-order valence-electron chi connectivity index (χ4n) is 2.26. The molecule has 0 saturated heterocycles. The Hall–Kier alpha value is -1.83. The SMILES string of the molecule is Cc1ccc(C(C)Nc2cccnc2C)c(C)c1. The molecule has 18 heavy (non-hydrogen) atoms. The molecule has 1 atom stereocenters. The zero-order valence-corrected chi connectivity index (χ0v) is 11.5. The summed E-state index contributed by atoms with van der Waals surface area (Å²) in [6.07, 6.45) is 1.82. The monoisotopic (exact) mass is 240 g/mol. The first-order chi connectivity index (χ1) is 8.58. The van der Waals surface area contributed by atoms with Crippen LogP contribution in [0.3, 0.4) is 0 Å². The molecule has 0 aliphatic carbocycles. The van der Waals surface area contributed by atoms with E-state index in [0.717, 1.165) is 11.4 Å². The topological polar surface area (TPSA) is 24.9 Å².